The Morgan fingerprint density at radius 2 is 2.14 bits per heavy atom. The first-order chi connectivity index (χ1) is 6.57. The van der Waals surface area contributed by atoms with Crippen LogP contribution in [0.2, 0.25) is 0 Å². The van der Waals surface area contributed by atoms with Gasteiger partial charge in [-0.25, -0.2) is 0 Å². The van der Waals surface area contributed by atoms with Gasteiger partial charge in [0, 0.05) is 33.7 Å². The number of nitrogens with zero attached hydrogens (tertiary/aromatic N) is 1. The zero-order valence-corrected chi connectivity index (χ0v) is 12.3. The summed E-state index contributed by atoms with van der Waals surface area (Å²) in [5, 5.41) is -0.183. The van der Waals surface area contributed by atoms with Crippen molar-refractivity contribution in [3.8, 4) is 0 Å². The van der Waals surface area contributed by atoms with E-state index in [1.165, 1.54) is 15.7 Å². The molecule has 1 atom stereocenters. The number of carbonyl (C=O) groups excluding carboxylic acids is 2. The number of imide groups is 1. The van der Waals surface area contributed by atoms with Crippen molar-refractivity contribution < 1.29 is 9.59 Å². The molecule has 0 N–H and O–H groups in total. The second-order valence-corrected chi connectivity index (χ2v) is 9.96. The summed E-state index contributed by atoms with van der Waals surface area (Å²) in [5.74, 6) is -0.0745. The molecule has 7 heteroatoms. The molecule has 0 spiro atoms. The SMILES string of the molecule is CC(C)N1C(=O)CC(SSSI)C1=O. The summed E-state index contributed by atoms with van der Waals surface area (Å²) >= 11 is 2.15. The van der Waals surface area contributed by atoms with Gasteiger partial charge in [0.2, 0.25) is 11.8 Å². The summed E-state index contributed by atoms with van der Waals surface area (Å²) in [6.45, 7) is 3.73. The molecular weight excluding hydrogens is 353 g/mol. The normalized spacial score (nSPS) is 22.6. The van der Waals surface area contributed by atoms with Crippen molar-refractivity contribution in [1.29, 1.82) is 0 Å². The van der Waals surface area contributed by atoms with Gasteiger partial charge in [0.05, 0.1) is 0 Å². The van der Waals surface area contributed by atoms with Crippen molar-refractivity contribution in [3.05, 3.63) is 0 Å². The van der Waals surface area contributed by atoms with Crippen LogP contribution in [0.3, 0.4) is 0 Å². The van der Waals surface area contributed by atoms with E-state index in [0.717, 1.165) is 0 Å². The lowest BCUT2D eigenvalue weighted by atomic mass is 10.3. The molecule has 0 aromatic carbocycles. The van der Waals surface area contributed by atoms with Crippen LogP contribution in [0.1, 0.15) is 20.3 Å². The van der Waals surface area contributed by atoms with E-state index in [9.17, 15) is 9.59 Å². The fourth-order valence-electron chi connectivity index (χ4n) is 1.30. The van der Waals surface area contributed by atoms with E-state index in [1.807, 2.05) is 13.8 Å². The van der Waals surface area contributed by atoms with Gasteiger partial charge < -0.3 is 0 Å². The Balaban J connectivity index is 2.60. The first kappa shape index (κ1) is 13.0. The average Bonchev–Trinajstić information content (AvgIpc) is 2.38. The van der Waals surface area contributed by atoms with Crippen molar-refractivity contribution in [2.24, 2.45) is 0 Å². The third-order valence-corrected chi connectivity index (χ3v) is 8.79. The molecular formula is C7H10INO2S3. The fourth-order valence-corrected chi connectivity index (χ4v) is 6.07. The van der Waals surface area contributed by atoms with Crippen LogP contribution >= 0.6 is 49.8 Å². The van der Waals surface area contributed by atoms with Crippen LogP contribution in [0, 0.1) is 0 Å². The zero-order valence-electron chi connectivity index (χ0n) is 7.73. The molecule has 1 heterocycles. The van der Waals surface area contributed by atoms with Crippen LogP contribution in [-0.4, -0.2) is 28.0 Å². The Morgan fingerprint density at radius 3 is 2.57 bits per heavy atom. The van der Waals surface area contributed by atoms with Gasteiger partial charge in [-0.2, -0.15) is 0 Å². The molecule has 14 heavy (non-hydrogen) atoms. The minimum absolute atomic E-state index is 0.0159. The standard InChI is InChI=1S/C7H10INO2S3/c1-4(2)9-6(10)3-5(7(9)11)12-14-13-8/h4-5H,3H2,1-2H3. The molecule has 0 aromatic heterocycles. The Morgan fingerprint density at radius 1 is 1.50 bits per heavy atom. The molecule has 0 radical (unpaired) electrons. The topological polar surface area (TPSA) is 37.4 Å². The minimum Gasteiger partial charge on any atom is -0.279 e. The minimum atomic E-state index is -0.183. The molecule has 1 unspecified atom stereocenters. The van der Waals surface area contributed by atoms with E-state index in [-0.39, 0.29) is 23.1 Å². The van der Waals surface area contributed by atoms with Gasteiger partial charge in [-0.05, 0) is 31.6 Å². The van der Waals surface area contributed by atoms with Gasteiger partial charge in [0.1, 0.15) is 5.25 Å². The molecule has 0 bridgehead atoms. The Bertz CT molecular complexity index is 249. The van der Waals surface area contributed by atoms with E-state index in [0.29, 0.717) is 6.42 Å². The van der Waals surface area contributed by atoms with Crippen molar-refractivity contribution >= 4 is 61.6 Å². The monoisotopic (exact) mass is 363 g/mol. The van der Waals surface area contributed by atoms with Crippen molar-refractivity contribution in [3.63, 3.8) is 0 Å². The summed E-state index contributed by atoms with van der Waals surface area (Å²) < 4.78 is 0. The number of hydrogen-bond donors (Lipinski definition) is 0. The number of amides is 2. The van der Waals surface area contributed by atoms with Crippen LogP contribution in [0.25, 0.3) is 0 Å². The molecule has 0 saturated carbocycles. The molecule has 1 aliphatic heterocycles. The van der Waals surface area contributed by atoms with Gasteiger partial charge in [0.15, 0.2) is 0 Å². The molecule has 0 aliphatic carbocycles. The lowest BCUT2D eigenvalue weighted by Gasteiger charge is -2.18. The smallest absolute Gasteiger partial charge is 0.243 e. The van der Waals surface area contributed by atoms with E-state index in [2.05, 4.69) is 21.2 Å². The Kier molecular flexibility index (Phi) is 5.43. The highest BCUT2D eigenvalue weighted by atomic mass is 127. The number of likely N-dealkylation sites (tertiary alicyclic amines) is 1. The maximum absolute atomic E-state index is 11.7. The lowest BCUT2D eigenvalue weighted by molar-refractivity contribution is -0.140. The van der Waals surface area contributed by atoms with Crippen molar-refractivity contribution in [2.75, 3.05) is 0 Å². The summed E-state index contributed by atoms with van der Waals surface area (Å²) in [5.41, 5.74) is 0. The second kappa shape index (κ2) is 5.86. The average molecular weight is 363 g/mol. The third kappa shape index (κ3) is 2.96. The molecule has 1 saturated heterocycles. The van der Waals surface area contributed by atoms with Gasteiger partial charge in [0.25, 0.3) is 0 Å². The highest BCUT2D eigenvalue weighted by molar-refractivity contribution is 14.2. The quantitative estimate of drug-likeness (QED) is 0.436. The second-order valence-electron chi connectivity index (χ2n) is 3.12. The van der Waals surface area contributed by atoms with Gasteiger partial charge in [-0.1, -0.05) is 10.8 Å². The highest BCUT2D eigenvalue weighted by Gasteiger charge is 2.40. The molecule has 1 fully saturated rings. The van der Waals surface area contributed by atoms with Crippen LogP contribution in [0.5, 0.6) is 0 Å². The molecule has 0 aromatic rings. The number of hydrogen-bond acceptors (Lipinski definition) is 5. The Hall–Kier alpha value is 0.920. The van der Waals surface area contributed by atoms with Crippen LogP contribution in [0.4, 0.5) is 0 Å². The van der Waals surface area contributed by atoms with E-state index < -0.39 is 0 Å². The molecule has 3 nitrogen and oxygen atoms in total. The molecule has 1 rings (SSSR count). The van der Waals surface area contributed by atoms with Gasteiger partial charge >= 0.3 is 0 Å². The van der Waals surface area contributed by atoms with Crippen molar-refractivity contribution in [2.45, 2.75) is 31.6 Å². The van der Waals surface area contributed by atoms with E-state index in [1.54, 1.807) is 17.8 Å². The maximum atomic E-state index is 11.7. The third-order valence-electron chi connectivity index (χ3n) is 1.84. The van der Waals surface area contributed by atoms with Crippen LogP contribution in [-0.2, 0) is 9.59 Å². The van der Waals surface area contributed by atoms with Gasteiger partial charge in [-0.15, -0.1) is 0 Å². The number of carbonyl (C=O) groups is 2. The molecule has 1 aliphatic rings. The first-order valence-corrected chi connectivity index (χ1v) is 10.1. The van der Waals surface area contributed by atoms with Crippen LogP contribution < -0.4 is 0 Å². The lowest BCUT2D eigenvalue weighted by Crippen LogP contribution is -2.37. The molecule has 80 valence electrons. The summed E-state index contributed by atoms with van der Waals surface area (Å²) in [6.07, 6.45) is 0.353. The zero-order chi connectivity index (χ0) is 10.7. The van der Waals surface area contributed by atoms with Crippen molar-refractivity contribution in [1.82, 2.24) is 4.90 Å². The predicted octanol–water partition coefficient (Wildman–Crippen LogP) is 2.90. The first-order valence-electron chi connectivity index (χ1n) is 4.04. The van der Waals surface area contributed by atoms with Gasteiger partial charge in [-0.3, -0.25) is 14.5 Å². The van der Waals surface area contributed by atoms with E-state index in [4.69, 9.17) is 0 Å². The van der Waals surface area contributed by atoms with E-state index >= 15 is 0 Å². The summed E-state index contributed by atoms with van der Waals surface area (Å²) in [7, 11) is 4.59. The summed E-state index contributed by atoms with van der Waals surface area (Å²) in [4.78, 5) is 24.6. The maximum Gasteiger partial charge on any atom is 0.243 e. The predicted molar refractivity (Wildman–Crippen MR) is 72.2 cm³/mol. The summed E-state index contributed by atoms with van der Waals surface area (Å²) in [6, 6.07) is -0.0159. The van der Waals surface area contributed by atoms with Crippen LogP contribution in [0.15, 0.2) is 0 Å². The largest absolute Gasteiger partial charge is 0.279 e. The Labute approximate surface area is 107 Å². The number of rotatable bonds is 4. The molecule has 2 amide bonds. The highest BCUT2D eigenvalue weighted by Crippen LogP contribution is 2.44. The number of halogens is 1. The fraction of sp³-hybridized carbons (Fsp3) is 0.714.